The topological polar surface area (TPSA) is 60.5 Å². The molecule has 1 N–H and O–H groups in total. The van der Waals surface area contributed by atoms with E-state index in [1.807, 2.05) is 0 Å². The van der Waals surface area contributed by atoms with Crippen molar-refractivity contribution >= 4 is 11.7 Å². The van der Waals surface area contributed by atoms with Crippen LogP contribution in [0.15, 0.2) is 12.3 Å². The summed E-state index contributed by atoms with van der Waals surface area (Å²) in [5, 5.41) is 2.94. The fraction of sp³-hybridized carbons (Fsp3) is 0.455. The zero-order valence-corrected chi connectivity index (χ0v) is 9.40. The quantitative estimate of drug-likeness (QED) is 0.801. The van der Waals surface area contributed by atoms with Crippen molar-refractivity contribution in [1.29, 1.82) is 0 Å². The van der Waals surface area contributed by atoms with Crippen molar-refractivity contribution in [2.45, 2.75) is 12.5 Å². The second-order valence-electron chi connectivity index (χ2n) is 3.70. The lowest BCUT2D eigenvalue weighted by Crippen LogP contribution is -2.33. The summed E-state index contributed by atoms with van der Waals surface area (Å²) in [7, 11) is 1.26. The first-order valence-electron chi connectivity index (χ1n) is 5.30. The molecule has 0 spiro atoms. The summed E-state index contributed by atoms with van der Waals surface area (Å²) < 4.78 is 22.8. The first kappa shape index (κ1) is 11.8. The minimum absolute atomic E-state index is 0.0771. The van der Waals surface area contributed by atoms with Crippen LogP contribution in [-0.2, 0) is 9.47 Å². The van der Waals surface area contributed by atoms with Gasteiger partial charge in [0.15, 0.2) is 5.69 Å². The summed E-state index contributed by atoms with van der Waals surface area (Å²) in [6.07, 6.45) is 2.06. The molecule has 0 radical (unpaired) electrons. The van der Waals surface area contributed by atoms with Crippen LogP contribution < -0.4 is 5.32 Å². The Morgan fingerprint density at radius 1 is 1.76 bits per heavy atom. The molecule has 5 nitrogen and oxygen atoms in total. The van der Waals surface area contributed by atoms with Crippen LogP contribution >= 0.6 is 0 Å². The van der Waals surface area contributed by atoms with E-state index in [1.54, 1.807) is 0 Å². The number of nitrogens with one attached hydrogen (secondary N) is 1. The average Bonchev–Trinajstić information content (AvgIpc) is 2.26. The Morgan fingerprint density at radius 3 is 3.12 bits per heavy atom. The van der Waals surface area contributed by atoms with Gasteiger partial charge in [0, 0.05) is 19.2 Å². The molecule has 2 heterocycles. The Labute approximate surface area is 97.9 Å². The first-order valence-corrected chi connectivity index (χ1v) is 5.30. The van der Waals surface area contributed by atoms with Crippen LogP contribution in [0.2, 0.25) is 0 Å². The number of aromatic nitrogens is 1. The van der Waals surface area contributed by atoms with Gasteiger partial charge in [0.25, 0.3) is 0 Å². The molecule has 0 aliphatic carbocycles. The maximum absolute atomic E-state index is 13.0. The van der Waals surface area contributed by atoms with Crippen LogP contribution in [0, 0.1) is 5.82 Å². The van der Waals surface area contributed by atoms with Gasteiger partial charge in [-0.1, -0.05) is 0 Å². The number of pyridine rings is 1. The molecule has 0 bridgehead atoms. The van der Waals surface area contributed by atoms with Gasteiger partial charge in [-0.3, -0.25) is 0 Å². The van der Waals surface area contributed by atoms with Crippen LogP contribution in [0.3, 0.4) is 0 Å². The summed E-state index contributed by atoms with van der Waals surface area (Å²) in [5.74, 6) is -1.10. The molecule has 6 heteroatoms. The molecule has 1 unspecified atom stereocenters. The summed E-state index contributed by atoms with van der Waals surface area (Å²) in [4.78, 5) is 15.1. The Balaban J connectivity index is 2.11. The summed E-state index contributed by atoms with van der Waals surface area (Å²) >= 11 is 0. The van der Waals surface area contributed by atoms with Gasteiger partial charge < -0.3 is 14.8 Å². The maximum Gasteiger partial charge on any atom is 0.358 e. The van der Waals surface area contributed by atoms with Crippen molar-refractivity contribution in [3.8, 4) is 0 Å². The highest BCUT2D eigenvalue weighted by Gasteiger charge is 2.20. The Bertz CT molecular complexity index is 421. The largest absolute Gasteiger partial charge is 0.464 e. The second-order valence-corrected chi connectivity index (χ2v) is 3.70. The molecule has 0 saturated carbocycles. The predicted molar refractivity (Wildman–Crippen MR) is 58.4 cm³/mol. The van der Waals surface area contributed by atoms with Gasteiger partial charge in [-0.05, 0) is 6.42 Å². The van der Waals surface area contributed by atoms with E-state index in [1.165, 1.54) is 13.2 Å². The van der Waals surface area contributed by atoms with Crippen LogP contribution in [-0.4, -0.2) is 37.3 Å². The van der Waals surface area contributed by atoms with Gasteiger partial charge in [0.05, 0.1) is 25.1 Å². The second kappa shape index (κ2) is 5.09. The fourth-order valence-electron chi connectivity index (χ4n) is 1.50. The lowest BCUT2D eigenvalue weighted by molar-refractivity contribution is -0.0410. The zero-order chi connectivity index (χ0) is 12.3. The van der Waals surface area contributed by atoms with Crippen LogP contribution in [0.4, 0.5) is 10.1 Å². The molecule has 0 amide bonds. The smallest absolute Gasteiger partial charge is 0.358 e. The van der Waals surface area contributed by atoms with Crippen LogP contribution in [0.1, 0.15) is 16.9 Å². The highest BCUT2D eigenvalue weighted by atomic mass is 19.1. The van der Waals surface area contributed by atoms with Crippen molar-refractivity contribution in [2.75, 3.05) is 25.6 Å². The standard InChI is InChI=1S/C11H13FN2O3/c1-16-11(15)10-9(4-7(12)5-14-10)13-6-8-2-3-17-8/h4-5,8,13H,2-3,6H2,1H3. The highest BCUT2D eigenvalue weighted by molar-refractivity contribution is 5.93. The average molecular weight is 240 g/mol. The molecule has 1 fully saturated rings. The number of esters is 1. The molecule has 2 rings (SSSR count). The van der Waals surface area contributed by atoms with E-state index < -0.39 is 11.8 Å². The minimum atomic E-state index is -0.595. The molecular formula is C11H13FN2O3. The molecule has 1 atom stereocenters. The number of methoxy groups -OCH3 is 1. The van der Waals surface area contributed by atoms with E-state index in [9.17, 15) is 9.18 Å². The highest BCUT2D eigenvalue weighted by Crippen LogP contribution is 2.17. The van der Waals surface area contributed by atoms with Gasteiger partial charge in [-0.2, -0.15) is 0 Å². The molecule has 0 aromatic carbocycles. The number of rotatable bonds is 4. The van der Waals surface area contributed by atoms with Crippen molar-refractivity contribution in [3.63, 3.8) is 0 Å². The third-order valence-corrected chi connectivity index (χ3v) is 2.55. The van der Waals surface area contributed by atoms with Gasteiger partial charge in [-0.25, -0.2) is 14.2 Å². The molecule has 17 heavy (non-hydrogen) atoms. The van der Waals surface area contributed by atoms with E-state index in [-0.39, 0.29) is 11.8 Å². The number of hydrogen-bond donors (Lipinski definition) is 1. The number of carbonyl (C=O) groups excluding carboxylic acids is 1. The summed E-state index contributed by atoms with van der Waals surface area (Å²) in [6, 6.07) is 1.22. The van der Waals surface area contributed by atoms with E-state index in [0.717, 1.165) is 19.2 Å². The predicted octanol–water partition coefficient (Wildman–Crippen LogP) is 1.21. The molecule has 1 saturated heterocycles. The number of nitrogens with zero attached hydrogens (tertiary/aromatic N) is 1. The van der Waals surface area contributed by atoms with Gasteiger partial charge in [0.1, 0.15) is 5.82 Å². The van der Waals surface area contributed by atoms with E-state index in [4.69, 9.17) is 4.74 Å². The number of anilines is 1. The Hall–Kier alpha value is -1.69. The molecular weight excluding hydrogens is 227 g/mol. The van der Waals surface area contributed by atoms with Crippen molar-refractivity contribution in [3.05, 3.63) is 23.8 Å². The lowest BCUT2D eigenvalue weighted by atomic mass is 10.2. The Kier molecular flexibility index (Phi) is 3.53. The van der Waals surface area contributed by atoms with Crippen molar-refractivity contribution in [2.24, 2.45) is 0 Å². The number of carbonyl (C=O) groups is 1. The molecule has 1 aliphatic heterocycles. The zero-order valence-electron chi connectivity index (χ0n) is 9.40. The SMILES string of the molecule is COC(=O)c1ncc(F)cc1NCC1CCO1. The number of hydrogen-bond acceptors (Lipinski definition) is 5. The maximum atomic E-state index is 13.0. The monoisotopic (exact) mass is 240 g/mol. The van der Waals surface area contributed by atoms with E-state index in [0.29, 0.717) is 12.2 Å². The summed E-state index contributed by atoms with van der Waals surface area (Å²) in [6.45, 7) is 1.27. The van der Waals surface area contributed by atoms with Crippen molar-refractivity contribution < 1.29 is 18.7 Å². The van der Waals surface area contributed by atoms with Crippen molar-refractivity contribution in [1.82, 2.24) is 4.98 Å². The first-order chi connectivity index (χ1) is 8.20. The number of ether oxygens (including phenoxy) is 2. The molecule has 1 aromatic rings. The van der Waals surface area contributed by atoms with E-state index >= 15 is 0 Å². The lowest BCUT2D eigenvalue weighted by Gasteiger charge is -2.27. The molecule has 1 aliphatic rings. The molecule has 1 aromatic heterocycles. The minimum Gasteiger partial charge on any atom is -0.464 e. The third-order valence-electron chi connectivity index (χ3n) is 2.55. The van der Waals surface area contributed by atoms with Gasteiger partial charge >= 0.3 is 5.97 Å². The van der Waals surface area contributed by atoms with Crippen LogP contribution in [0.5, 0.6) is 0 Å². The number of halogens is 1. The normalized spacial score (nSPS) is 18.4. The third kappa shape index (κ3) is 2.71. The van der Waals surface area contributed by atoms with Gasteiger partial charge in [0.2, 0.25) is 0 Å². The van der Waals surface area contributed by atoms with Crippen LogP contribution in [0.25, 0.3) is 0 Å². The van der Waals surface area contributed by atoms with E-state index in [2.05, 4.69) is 15.0 Å². The van der Waals surface area contributed by atoms with Gasteiger partial charge in [-0.15, -0.1) is 0 Å². The Morgan fingerprint density at radius 2 is 2.53 bits per heavy atom. The summed E-state index contributed by atoms with van der Waals surface area (Å²) in [5.41, 5.74) is 0.403. The fourth-order valence-corrected chi connectivity index (χ4v) is 1.50. The molecule has 92 valence electrons.